The number of imide groups is 1. The maximum Gasteiger partial charge on any atom is 0.242 e. The van der Waals surface area contributed by atoms with Crippen molar-refractivity contribution in [1.29, 1.82) is 0 Å². The van der Waals surface area contributed by atoms with Crippen molar-refractivity contribution in [3.05, 3.63) is 46.0 Å². The van der Waals surface area contributed by atoms with Gasteiger partial charge in [0.1, 0.15) is 6.04 Å². The zero-order chi connectivity index (χ0) is 25.1. The molecule has 0 spiro atoms. The van der Waals surface area contributed by atoms with Crippen molar-refractivity contribution in [1.82, 2.24) is 15.1 Å². The van der Waals surface area contributed by atoms with Crippen LogP contribution in [0.25, 0.3) is 0 Å². The average molecular weight is 520 g/mol. The molecule has 0 radical (unpaired) electrons. The summed E-state index contributed by atoms with van der Waals surface area (Å²) in [5, 5.41) is 3.86. The molecule has 7 nitrogen and oxygen atoms in total. The van der Waals surface area contributed by atoms with Gasteiger partial charge in [0.2, 0.25) is 23.6 Å². The molecule has 3 atom stereocenters. The molecule has 2 fully saturated rings. The van der Waals surface area contributed by atoms with Gasteiger partial charge in [-0.15, -0.1) is 0 Å². The fraction of sp³-hybridized carbons (Fsp3) is 0.538. The topological polar surface area (TPSA) is 86.8 Å². The van der Waals surface area contributed by atoms with Gasteiger partial charge in [-0.2, -0.15) is 0 Å². The number of nitrogens with one attached hydrogen (secondary N) is 1. The number of halogens is 2. The number of rotatable bonds is 8. The molecule has 1 saturated heterocycles. The molecule has 1 N–H and O–H groups in total. The van der Waals surface area contributed by atoms with Crippen LogP contribution in [0.5, 0.6) is 0 Å². The SMILES string of the molecule is CC(C(=O)NC1CCCC1)N(Cc1c(Cl)cccc1Cl)C(=O)CCN1C(=O)[C@H]2CC=CC[C@H]2C1=O. The van der Waals surface area contributed by atoms with E-state index in [2.05, 4.69) is 5.32 Å². The number of carbonyl (C=O) groups excluding carboxylic acids is 4. The van der Waals surface area contributed by atoms with E-state index in [1.807, 2.05) is 12.2 Å². The molecule has 1 aromatic rings. The molecule has 2 aliphatic carbocycles. The van der Waals surface area contributed by atoms with E-state index >= 15 is 0 Å². The molecule has 1 heterocycles. The van der Waals surface area contributed by atoms with E-state index in [0.717, 1.165) is 25.7 Å². The summed E-state index contributed by atoms with van der Waals surface area (Å²) >= 11 is 12.7. The van der Waals surface area contributed by atoms with Crippen LogP contribution in [-0.4, -0.2) is 52.1 Å². The lowest BCUT2D eigenvalue weighted by Gasteiger charge is -2.30. The van der Waals surface area contributed by atoms with E-state index in [9.17, 15) is 19.2 Å². The van der Waals surface area contributed by atoms with E-state index in [0.29, 0.717) is 28.5 Å². The van der Waals surface area contributed by atoms with Crippen molar-refractivity contribution in [2.75, 3.05) is 6.54 Å². The molecule has 1 saturated carbocycles. The van der Waals surface area contributed by atoms with E-state index in [4.69, 9.17) is 23.2 Å². The molecule has 3 aliphatic rings. The molecule has 1 aliphatic heterocycles. The van der Waals surface area contributed by atoms with Gasteiger partial charge in [0.25, 0.3) is 0 Å². The van der Waals surface area contributed by atoms with Crippen molar-refractivity contribution in [2.45, 2.75) is 70.5 Å². The van der Waals surface area contributed by atoms with Crippen LogP contribution < -0.4 is 5.32 Å². The van der Waals surface area contributed by atoms with Gasteiger partial charge in [-0.1, -0.05) is 54.3 Å². The van der Waals surface area contributed by atoms with Crippen LogP contribution in [0.15, 0.2) is 30.4 Å². The highest BCUT2D eigenvalue weighted by Gasteiger charge is 2.47. The average Bonchev–Trinajstić information content (AvgIpc) is 3.44. The van der Waals surface area contributed by atoms with Crippen molar-refractivity contribution >= 4 is 46.8 Å². The summed E-state index contributed by atoms with van der Waals surface area (Å²) in [7, 11) is 0. The Hall–Kier alpha value is -2.38. The number of carbonyl (C=O) groups is 4. The fourth-order valence-corrected chi connectivity index (χ4v) is 5.79. The number of fused-ring (bicyclic) bond motifs is 1. The quantitative estimate of drug-likeness (QED) is 0.413. The molecule has 188 valence electrons. The third kappa shape index (κ3) is 5.56. The van der Waals surface area contributed by atoms with E-state index in [1.165, 1.54) is 9.80 Å². The summed E-state index contributed by atoms with van der Waals surface area (Å²) in [6, 6.07) is 4.43. The largest absolute Gasteiger partial charge is 0.352 e. The summed E-state index contributed by atoms with van der Waals surface area (Å²) in [6.45, 7) is 1.72. The molecular weight excluding hydrogens is 489 g/mol. The Morgan fingerprint density at radius 3 is 2.20 bits per heavy atom. The minimum atomic E-state index is -0.771. The monoisotopic (exact) mass is 519 g/mol. The molecule has 4 rings (SSSR count). The predicted molar refractivity (Wildman–Crippen MR) is 134 cm³/mol. The highest BCUT2D eigenvalue weighted by molar-refractivity contribution is 6.36. The molecule has 35 heavy (non-hydrogen) atoms. The Morgan fingerprint density at radius 2 is 1.63 bits per heavy atom. The maximum atomic E-state index is 13.4. The Bertz CT molecular complexity index is 991. The normalized spacial score (nSPS) is 22.9. The summed E-state index contributed by atoms with van der Waals surface area (Å²) in [5.41, 5.74) is 0.551. The standard InChI is InChI=1S/C26H31Cl2N3O4/c1-16(24(33)29-17-7-2-3-8-17)31(15-20-21(27)11-6-12-22(20)28)23(32)13-14-30-25(34)18-9-4-5-10-19(18)26(30)35/h4-6,11-12,16-19H,2-3,7-10,13-15H2,1H3,(H,29,33)/t16?,18-,19+. The highest BCUT2D eigenvalue weighted by atomic mass is 35.5. The maximum absolute atomic E-state index is 13.4. The minimum Gasteiger partial charge on any atom is -0.352 e. The lowest BCUT2D eigenvalue weighted by atomic mass is 9.85. The van der Waals surface area contributed by atoms with Crippen LogP contribution in [0.4, 0.5) is 0 Å². The number of nitrogens with zero attached hydrogens (tertiary/aromatic N) is 2. The Labute approximate surface area is 215 Å². The van der Waals surface area contributed by atoms with Crippen LogP contribution in [0, 0.1) is 11.8 Å². The number of likely N-dealkylation sites (tertiary alicyclic amines) is 1. The molecular formula is C26H31Cl2N3O4. The van der Waals surface area contributed by atoms with Gasteiger partial charge >= 0.3 is 0 Å². The van der Waals surface area contributed by atoms with Crippen molar-refractivity contribution in [3.63, 3.8) is 0 Å². The predicted octanol–water partition coefficient (Wildman–Crippen LogP) is 4.11. The van der Waals surface area contributed by atoms with Gasteiger partial charge in [-0.05, 0) is 44.7 Å². The molecule has 4 amide bonds. The lowest BCUT2D eigenvalue weighted by Crippen LogP contribution is -2.50. The number of amides is 4. The highest BCUT2D eigenvalue weighted by Crippen LogP contribution is 2.35. The van der Waals surface area contributed by atoms with E-state index in [-0.39, 0.29) is 61.0 Å². The second-order valence-corrected chi connectivity index (χ2v) is 10.4. The van der Waals surface area contributed by atoms with Crippen LogP contribution in [0.1, 0.15) is 57.4 Å². The second kappa shape index (κ2) is 11.1. The smallest absolute Gasteiger partial charge is 0.242 e. The van der Waals surface area contributed by atoms with Crippen molar-refractivity contribution in [3.8, 4) is 0 Å². The Morgan fingerprint density at radius 1 is 1.06 bits per heavy atom. The van der Waals surface area contributed by atoms with Gasteiger partial charge in [0, 0.05) is 41.2 Å². The van der Waals surface area contributed by atoms with Crippen LogP contribution >= 0.6 is 23.2 Å². The Kier molecular flexibility index (Phi) is 8.17. The Balaban J connectivity index is 1.48. The van der Waals surface area contributed by atoms with Gasteiger partial charge in [-0.3, -0.25) is 24.1 Å². The third-order valence-electron chi connectivity index (χ3n) is 7.41. The van der Waals surface area contributed by atoms with Crippen molar-refractivity contribution in [2.24, 2.45) is 11.8 Å². The number of hydrogen-bond acceptors (Lipinski definition) is 4. The molecule has 0 bridgehead atoms. The first kappa shape index (κ1) is 25.7. The number of benzene rings is 1. The minimum absolute atomic E-state index is 0.00673. The van der Waals surface area contributed by atoms with Gasteiger partial charge in [0.05, 0.1) is 11.8 Å². The van der Waals surface area contributed by atoms with Crippen LogP contribution in [0.2, 0.25) is 10.0 Å². The van der Waals surface area contributed by atoms with Crippen LogP contribution in [-0.2, 0) is 25.7 Å². The van der Waals surface area contributed by atoms with Gasteiger partial charge < -0.3 is 10.2 Å². The first-order valence-corrected chi connectivity index (χ1v) is 13.1. The summed E-state index contributed by atoms with van der Waals surface area (Å²) in [4.78, 5) is 54.7. The fourth-order valence-electron chi connectivity index (χ4n) is 5.27. The van der Waals surface area contributed by atoms with E-state index < -0.39 is 6.04 Å². The van der Waals surface area contributed by atoms with Crippen LogP contribution in [0.3, 0.4) is 0 Å². The molecule has 0 aromatic heterocycles. The molecule has 1 unspecified atom stereocenters. The lowest BCUT2D eigenvalue weighted by molar-refractivity contribution is -0.144. The van der Waals surface area contributed by atoms with E-state index in [1.54, 1.807) is 25.1 Å². The van der Waals surface area contributed by atoms with Gasteiger partial charge in [0.15, 0.2) is 0 Å². The summed E-state index contributed by atoms with van der Waals surface area (Å²) in [5.74, 6) is -1.69. The van der Waals surface area contributed by atoms with Gasteiger partial charge in [-0.25, -0.2) is 0 Å². The third-order valence-corrected chi connectivity index (χ3v) is 8.12. The van der Waals surface area contributed by atoms with Crippen molar-refractivity contribution < 1.29 is 19.2 Å². The molecule has 1 aromatic carbocycles. The first-order valence-electron chi connectivity index (χ1n) is 12.3. The molecule has 9 heteroatoms. The first-order chi connectivity index (χ1) is 16.8. The summed E-state index contributed by atoms with van der Waals surface area (Å²) in [6.07, 6.45) is 8.90. The zero-order valence-corrected chi connectivity index (χ0v) is 21.4. The number of allylic oxidation sites excluding steroid dienone is 2. The second-order valence-electron chi connectivity index (χ2n) is 9.62. The zero-order valence-electron chi connectivity index (χ0n) is 19.8. The summed E-state index contributed by atoms with van der Waals surface area (Å²) < 4.78 is 0. The number of hydrogen-bond donors (Lipinski definition) is 1.